The molecule has 2 amide bonds. The summed E-state index contributed by atoms with van der Waals surface area (Å²) in [7, 11) is 1.36. The number of fused-ring (bicyclic) bond motifs is 3. The molecule has 0 heterocycles. The van der Waals surface area contributed by atoms with Crippen molar-refractivity contribution in [3.05, 3.63) is 59.7 Å². The second kappa shape index (κ2) is 11.4. The monoisotopic (exact) mass is 482 g/mol. The third-order valence-electron chi connectivity index (χ3n) is 6.08. The van der Waals surface area contributed by atoms with Gasteiger partial charge in [0.1, 0.15) is 12.6 Å². The standard InChI is InChI=1S/C27H34N2O6/c1-27(2,3)14-13-22(24(30)28-23(16-34-4)25(31)32)29-26(33)35-15-21-19-11-7-5-9-17(19)18-10-6-8-12-20(18)21/h5-12,21-23H,13-16H2,1-4H3,(H,28,30)(H,29,33)(H,31,32)/t22?,23-/m0/s1. The first-order valence-corrected chi connectivity index (χ1v) is 11.7. The molecule has 3 rings (SSSR count). The van der Waals surface area contributed by atoms with Gasteiger partial charge in [0.05, 0.1) is 6.61 Å². The van der Waals surface area contributed by atoms with Gasteiger partial charge in [0.15, 0.2) is 6.04 Å². The van der Waals surface area contributed by atoms with Crippen molar-refractivity contribution in [1.29, 1.82) is 0 Å². The second-order valence-electron chi connectivity index (χ2n) is 9.98. The van der Waals surface area contributed by atoms with Crippen molar-refractivity contribution in [2.75, 3.05) is 20.3 Å². The van der Waals surface area contributed by atoms with Gasteiger partial charge in [-0.05, 0) is 40.5 Å². The molecular formula is C27H34N2O6. The number of methoxy groups -OCH3 is 1. The number of carboxylic acids is 1. The van der Waals surface area contributed by atoms with Crippen LogP contribution in [0.4, 0.5) is 4.79 Å². The minimum atomic E-state index is -1.21. The Hall–Kier alpha value is -3.39. The molecule has 8 nitrogen and oxygen atoms in total. The Balaban J connectivity index is 1.68. The summed E-state index contributed by atoms with van der Waals surface area (Å²) >= 11 is 0. The Kier molecular flexibility index (Phi) is 8.51. The van der Waals surface area contributed by atoms with E-state index in [1.54, 1.807) is 0 Å². The lowest BCUT2D eigenvalue weighted by atomic mass is 9.88. The van der Waals surface area contributed by atoms with E-state index in [4.69, 9.17) is 9.47 Å². The fourth-order valence-electron chi connectivity index (χ4n) is 4.24. The molecule has 0 aromatic heterocycles. The molecule has 0 fully saturated rings. The Morgan fingerprint density at radius 2 is 1.51 bits per heavy atom. The van der Waals surface area contributed by atoms with E-state index in [-0.39, 0.29) is 24.5 Å². The number of benzene rings is 2. The normalized spacial score (nSPS) is 14.4. The predicted molar refractivity (Wildman–Crippen MR) is 132 cm³/mol. The molecule has 35 heavy (non-hydrogen) atoms. The number of alkyl carbamates (subject to hydrolysis) is 1. The number of amides is 2. The zero-order valence-electron chi connectivity index (χ0n) is 20.7. The van der Waals surface area contributed by atoms with Gasteiger partial charge in [0.25, 0.3) is 0 Å². The van der Waals surface area contributed by atoms with Crippen LogP contribution in [0.15, 0.2) is 48.5 Å². The largest absolute Gasteiger partial charge is 0.480 e. The van der Waals surface area contributed by atoms with Gasteiger partial charge >= 0.3 is 12.1 Å². The Bertz CT molecular complexity index is 1020. The van der Waals surface area contributed by atoms with E-state index in [1.807, 2.05) is 57.2 Å². The molecule has 0 saturated heterocycles. The van der Waals surface area contributed by atoms with Gasteiger partial charge in [0, 0.05) is 13.0 Å². The maximum atomic E-state index is 12.9. The Morgan fingerprint density at radius 1 is 0.943 bits per heavy atom. The summed E-state index contributed by atoms with van der Waals surface area (Å²) in [6.07, 6.45) is 0.245. The molecule has 0 aliphatic heterocycles. The summed E-state index contributed by atoms with van der Waals surface area (Å²) in [6, 6.07) is 13.9. The number of hydrogen-bond donors (Lipinski definition) is 3. The van der Waals surface area contributed by atoms with Gasteiger partial charge in [-0.25, -0.2) is 9.59 Å². The van der Waals surface area contributed by atoms with E-state index in [9.17, 15) is 19.5 Å². The fraction of sp³-hybridized carbons (Fsp3) is 0.444. The summed E-state index contributed by atoms with van der Waals surface area (Å²) in [5.74, 6) is -1.91. The zero-order chi connectivity index (χ0) is 25.6. The Labute approximate surface area is 206 Å². The van der Waals surface area contributed by atoms with E-state index < -0.39 is 30.1 Å². The van der Waals surface area contributed by atoms with Gasteiger partial charge in [-0.1, -0.05) is 69.3 Å². The molecule has 188 valence electrons. The average molecular weight is 483 g/mol. The predicted octanol–water partition coefficient (Wildman–Crippen LogP) is 3.94. The number of carbonyl (C=O) groups is 3. The van der Waals surface area contributed by atoms with Crippen molar-refractivity contribution in [3.63, 3.8) is 0 Å². The average Bonchev–Trinajstić information content (AvgIpc) is 3.13. The van der Waals surface area contributed by atoms with Crippen LogP contribution >= 0.6 is 0 Å². The highest BCUT2D eigenvalue weighted by Gasteiger charge is 2.31. The van der Waals surface area contributed by atoms with E-state index in [2.05, 4.69) is 22.8 Å². The highest BCUT2D eigenvalue weighted by atomic mass is 16.5. The van der Waals surface area contributed by atoms with Crippen LogP contribution in [0.1, 0.15) is 50.7 Å². The fourth-order valence-corrected chi connectivity index (χ4v) is 4.24. The molecule has 0 radical (unpaired) electrons. The second-order valence-corrected chi connectivity index (χ2v) is 9.98. The van der Waals surface area contributed by atoms with Gasteiger partial charge < -0.3 is 25.2 Å². The van der Waals surface area contributed by atoms with Crippen LogP contribution in [0, 0.1) is 5.41 Å². The number of rotatable bonds is 10. The van der Waals surface area contributed by atoms with E-state index >= 15 is 0 Å². The first-order valence-electron chi connectivity index (χ1n) is 11.7. The quantitative estimate of drug-likeness (QED) is 0.473. The molecule has 1 unspecified atom stereocenters. The van der Waals surface area contributed by atoms with Crippen molar-refractivity contribution in [3.8, 4) is 11.1 Å². The van der Waals surface area contributed by atoms with Crippen LogP contribution in [0.5, 0.6) is 0 Å². The van der Waals surface area contributed by atoms with Crippen LogP contribution in [0.2, 0.25) is 0 Å². The third kappa shape index (κ3) is 6.82. The summed E-state index contributed by atoms with van der Waals surface area (Å²) in [6.45, 7) is 6.02. The van der Waals surface area contributed by atoms with Crippen molar-refractivity contribution in [1.82, 2.24) is 10.6 Å². The number of nitrogens with one attached hydrogen (secondary N) is 2. The molecule has 1 aliphatic carbocycles. The molecule has 0 saturated carbocycles. The maximum Gasteiger partial charge on any atom is 0.407 e. The molecule has 3 N–H and O–H groups in total. The highest BCUT2D eigenvalue weighted by molar-refractivity contribution is 5.89. The molecule has 0 spiro atoms. The smallest absolute Gasteiger partial charge is 0.407 e. The molecule has 2 aromatic carbocycles. The van der Waals surface area contributed by atoms with Gasteiger partial charge in [-0.3, -0.25) is 4.79 Å². The van der Waals surface area contributed by atoms with Crippen LogP contribution < -0.4 is 10.6 Å². The summed E-state index contributed by atoms with van der Waals surface area (Å²) < 4.78 is 10.5. The van der Waals surface area contributed by atoms with Crippen LogP contribution in [0.3, 0.4) is 0 Å². The van der Waals surface area contributed by atoms with Gasteiger partial charge in [0.2, 0.25) is 5.91 Å². The van der Waals surface area contributed by atoms with Gasteiger partial charge in [-0.2, -0.15) is 0 Å². The number of carboxylic acid groups (broad SMARTS) is 1. The molecule has 2 atom stereocenters. The Morgan fingerprint density at radius 3 is 2.03 bits per heavy atom. The van der Waals surface area contributed by atoms with Crippen molar-refractivity contribution in [2.24, 2.45) is 5.41 Å². The zero-order valence-corrected chi connectivity index (χ0v) is 20.7. The van der Waals surface area contributed by atoms with Crippen molar-refractivity contribution in [2.45, 2.75) is 51.6 Å². The van der Waals surface area contributed by atoms with Crippen molar-refractivity contribution >= 4 is 18.0 Å². The molecular weight excluding hydrogens is 448 g/mol. The van der Waals surface area contributed by atoms with Gasteiger partial charge in [-0.15, -0.1) is 0 Å². The first-order chi connectivity index (χ1) is 16.6. The topological polar surface area (TPSA) is 114 Å². The summed E-state index contributed by atoms with van der Waals surface area (Å²) in [5.41, 5.74) is 4.34. The number of aliphatic carboxylic acids is 1. The SMILES string of the molecule is COC[C@H](NC(=O)C(CCC(C)(C)C)NC(=O)OCC1c2ccccc2-c2ccccc21)C(=O)O. The van der Waals surface area contributed by atoms with E-state index in [0.717, 1.165) is 22.3 Å². The summed E-state index contributed by atoms with van der Waals surface area (Å²) in [4.78, 5) is 37.1. The van der Waals surface area contributed by atoms with Crippen LogP contribution in [-0.2, 0) is 19.1 Å². The van der Waals surface area contributed by atoms with Crippen LogP contribution in [-0.4, -0.2) is 55.5 Å². The molecule has 1 aliphatic rings. The minimum Gasteiger partial charge on any atom is -0.480 e. The lowest BCUT2D eigenvalue weighted by molar-refractivity contribution is -0.143. The maximum absolute atomic E-state index is 12.9. The molecule has 8 heteroatoms. The summed E-state index contributed by atoms with van der Waals surface area (Å²) in [5, 5.41) is 14.4. The number of hydrogen-bond acceptors (Lipinski definition) is 5. The number of carbonyl (C=O) groups excluding carboxylic acids is 2. The van der Waals surface area contributed by atoms with E-state index in [1.165, 1.54) is 7.11 Å². The molecule has 2 aromatic rings. The van der Waals surface area contributed by atoms with Crippen molar-refractivity contribution < 1.29 is 29.0 Å². The first kappa shape index (κ1) is 26.2. The minimum absolute atomic E-state index is 0.0832. The number of ether oxygens (including phenoxy) is 2. The lowest BCUT2D eigenvalue weighted by Crippen LogP contribution is -2.53. The lowest BCUT2D eigenvalue weighted by Gasteiger charge is -2.25. The molecule has 0 bridgehead atoms. The van der Waals surface area contributed by atoms with E-state index in [0.29, 0.717) is 12.8 Å². The third-order valence-corrected chi connectivity index (χ3v) is 6.08. The highest BCUT2D eigenvalue weighted by Crippen LogP contribution is 2.44. The van der Waals surface area contributed by atoms with Crippen LogP contribution in [0.25, 0.3) is 11.1 Å².